The van der Waals surface area contributed by atoms with Crippen LogP contribution in [0, 0.1) is 12.7 Å². The van der Waals surface area contributed by atoms with Crippen LogP contribution in [0.15, 0.2) is 36.5 Å². The molecule has 0 bridgehead atoms. The molecule has 2 rings (SSSR count). The van der Waals surface area contributed by atoms with Crippen LogP contribution < -0.4 is 0 Å². The summed E-state index contributed by atoms with van der Waals surface area (Å²) in [7, 11) is 1.64. The third kappa shape index (κ3) is 3.33. The number of benzene rings is 1. The van der Waals surface area contributed by atoms with E-state index in [4.69, 9.17) is 11.6 Å². The maximum Gasteiger partial charge on any atom is 0.257 e. The lowest BCUT2D eigenvalue weighted by Crippen LogP contribution is -2.26. The molecule has 2 aromatic rings. The van der Waals surface area contributed by atoms with Crippen LogP contribution >= 0.6 is 11.6 Å². The van der Waals surface area contributed by atoms with E-state index in [0.717, 1.165) is 23.4 Å². The molecule has 0 aliphatic carbocycles. The van der Waals surface area contributed by atoms with Gasteiger partial charge in [0.05, 0.1) is 11.8 Å². The van der Waals surface area contributed by atoms with Gasteiger partial charge in [-0.25, -0.2) is 9.37 Å². The Hall–Kier alpha value is -1.94. The Labute approximate surface area is 122 Å². The summed E-state index contributed by atoms with van der Waals surface area (Å²) in [4.78, 5) is 17.3. The molecule has 20 heavy (non-hydrogen) atoms. The van der Waals surface area contributed by atoms with Gasteiger partial charge in [-0.2, -0.15) is 0 Å². The lowest BCUT2D eigenvalue weighted by atomic mass is 10.1. The zero-order chi connectivity index (χ0) is 14.7. The van der Waals surface area contributed by atoms with E-state index in [-0.39, 0.29) is 16.6 Å². The SMILES string of the molecule is Cc1ccc(CN(C)C(=O)c2cc(F)cnc2Cl)cc1. The predicted molar refractivity (Wildman–Crippen MR) is 76.2 cm³/mol. The first-order valence-corrected chi connectivity index (χ1v) is 6.47. The minimum absolute atomic E-state index is 0.00663. The van der Waals surface area contributed by atoms with Gasteiger partial charge in [0.1, 0.15) is 11.0 Å². The highest BCUT2D eigenvalue weighted by molar-refractivity contribution is 6.32. The van der Waals surface area contributed by atoms with Gasteiger partial charge in [-0.1, -0.05) is 41.4 Å². The first kappa shape index (κ1) is 14.5. The third-order valence-corrected chi connectivity index (χ3v) is 3.22. The summed E-state index contributed by atoms with van der Waals surface area (Å²) >= 11 is 5.83. The maximum absolute atomic E-state index is 13.2. The monoisotopic (exact) mass is 292 g/mol. The molecule has 0 aliphatic rings. The number of nitrogens with zero attached hydrogens (tertiary/aromatic N) is 2. The van der Waals surface area contributed by atoms with Crippen molar-refractivity contribution in [2.24, 2.45) is 0 Å². The number of carbonyl (C=O) groups is 1. The summed E-state index contributed by atoms with van der Waals surface area (Å²) in [5.74, 6) is -0.941. The van der Waals surface area contributed by atoms with Crippen molar-refractivity contribution in [3.05, 3.63) is 64.2 Å². The van der Waals surface area contributed by atoms with Gasteiger partial charge >= 0.3 is 0 Å². The highest BCUT2D eigenvalue weighted by Gasteiger charge is 2.17. The Morgan fingerprint density at radius 1 is 1.35 bits per heavy atom. The zero-order valence-electron chi connectivity index (χ0n) is 11.2. The van der Waals surface area contributed by atoms with Crippen molar-refractivity contribution in [1.29, 1.82) is 0 Å². The van der Waals surface area contributed by atoms with Gasteiger partial charge in [0.15, 0.2) is 0 Å². The average Bonchev–Trinajstić information content (AvgIpc) is 2.43. The Morgan fingerprint density at radius 2 is 2.00 bits per heavy atom. The fourth-order valence-corrected chi connectivity index (χ4v) is 2.00. The van der Waals surface area contributed by atoms with Crippen molar-refractivity contribution >= 4 is 17.5 Å². The lowest BCUT2D eigenvalue weighted by molar-refractivity contribution is 0.0784. The van der Waals surface area contributed by atoms with Gasteiger partial charge in [-0.3, -0.25) is 4.79 Å². The number of aryl methyl sites for hydroxylation is 1. The molecule has 104 valence electrons. The molecule has 0 N–H and O–H groups in total. The maximum atomic E-state index is 13.2. The number of hydrogen-bond acceptors (Lipinski definition) is 2. The molecule has 0 saturated heterocycles. The summed E-state index contributed by atoms with van der Waals surface area (Å²) < 4.78 is 13.2. The summed E-state index contributed by atoms with van der Waals surface area (Å²) in [6.45, 7) is 2.42. The van der Waals surface area contributed by atoms with Crippen LogP contribution in [0.1, 0.15) is 21.5 Å². The summed E-state index contributed by atoms with van der Waals surface area (Å²) in [5, 5.41) is 0.00663. The van der Waals surface area contributed by atoms with Gasteiger partial charge in [0, 0.05) is 13.6 Å². The fourth-order valence-electron chi connectivity index (χ4n) is 1.82. The van der Waals surface area contributed by atoms with Crippen molar-refractivity contribution < 1.29 is 9.18 Å². The van der Waals surface area contributed by atoms with Crippen molar-refractivity contribution in [3.63, 3.8) is 0 Å². The minimum Gasteiger partial charge on any atom is -0.337 e. The van der Waals surface area contributed by atoms with Gasteiger partial charge in [-0.05, 0) is 18.6 Å². The van der Waals surface area contributed by atoms with E-state index in [1.54, 1.807) is 7.05 Å². The van der Waals surface area contributed by atoms with E-state index in [9.17, 15) is 9.18 Å². The van der Waals surface area contributed by atoms with E-state index in [2.05, 4.69) is 4.98 Å². The van der Waals surface area contributed by atoms with Crippen molar-refractivity contribution in [1.82, 2.24) is 9.88 Å². The molecule has 1 amide bonds. The van der Waals surface area contributed by atoms with E-state index in [0.29, 0.717) is 6.54 Å². The Kier molecular flexibility index (Phi) is 4.35. The second kappa shape index (κ2) is 6.01. The molecule has 3 nitrogen and oxygen atoms in total. The minimum atomic E-state index is -0.582. The predicted octanol–water partition coefficient (Wildman–Crippen LogP) is 3.45. The molecule has 1 heterocycles. The van der Waals surface area contributed by atoms with Crippen LogP contribution in [-0.2, 0) is 6.54 Å². The molecule has 1 aromatic carbocycles. The largest absolute Gasteiger partial charge is 0.337 e. The molecule has 0 aliphatic heterocycles. The molecular weight excluding hydrogens is 279 g/mol. The smallest absolute Gasteiger partial charge is 0.257 e. The molecule has 0 saturated carbocycles. The van der Waals surface area contributed by atoms with Crippen LogP contribution in [0.4, 0.5) is 4.39 Å². The third-order valence-electron chi connectivity index (χ3n) is 2.92. The average molecular weight is 293 g/mol. The summed E-state index contributed by atoms with van der Waals surface area (Å²) in [6, 6.07) is 8.95. The van der Waals surface area contributed by atoms with E-state index in [1.165, 1.54) is 4.90 Å². The first-order chi connectivity index (χ1) is 9.47. The molecule has 0 atom stereocenters. The molecule has 0 spiro atoms. The summed E-state index contributed by atoms with van der Waals surface area (Å²) in [6.07, 6.45) is 0.985. The molecule has 0 fully saturated rings. The molecule has 1 aromatic heterocycles. The number of aromatic nitrogens is 1. The Balaban J connectivity index is 2.16. The van der Waals surface area contributed by atoms with Crippen LogP contribution in [0.3, 0.4) is 0 Å². The highest BCUT2D eigenvalue weighted by Crippen LogP contribution is 2.17. The van der Waals surface area contributed by atoms with Crippen LogP contribution in [-0.4, -0.2) is 22.8 Å². The Bertz CT molecular complexity index is 628. The van der Waals surface area contributed by atoms with Gasteiger partial charge in [0.2, 0.25) is 0 Å². The second-order valence-electron chi connectivity index (χ2n) is 4.64. The van der Waals surface area contributed by atoms with E-state index < -0.39 is 5.82 Å². The van der Waals surface area contributed by atoms with Crippen LogP contribution in [0.2, 0.25) is 5.15 Å². The molecule has 5 heteroatoms. The Morgan fingerprint density at radius 3 is 2.65 bits per heavy atom. The molecule has 0 unspecified atom stereocenters. The number of amides is 1. The zero-order valence-corrected chi connectivity index (χ0v) is 12.0. The number of halogens is 2. The quantitative estimate of drug-likeness (QED) is 0.812. The first-order valence-electron chi connectivity index (χ1n) is 6.09. The van der Waals surface area contributed by atoms with Crippen molar-refractivity contribution in [2.45, 2.75) is 13.5 Å². The summed E-state index contributed by atoms with van der Waals surface area (Å²) in [5.41, 5.74) is 2.22. The molecular formula is C15H14ClFN2O. The topological polar surface area (TPSA) is 33.2 Å². The molecule has 0 radical (unpaired) electrons. The highest BCUT2D eigenvalue weighted by atomic mass is 35.5. The van der Waals surface area contributed by atoms with E-state index in [1.807, 2.05) is 31.2 Å². The van der Waals surface area contributed by atoms with Gasteiger partial charge < -0.3 is 4.90 Å². The van der Waals surface area contributed by atoms with Crippen LogP contribution in [0.5, 0.6) is 0 Å². The fraction of sp³-hybridized carbons (Fsp3) is 0.200. The van der Waals surface area contributed by atoms with E-state index >= 15 is 0 Å². The number of pyridine rings is 1. The standard InChI is InChI=1S/C15H14ClFN2O/c1-10-3-5-11(6-4-10)9-19(2)15(20)13-7-12(17)8-18-14(13)16/h3-8H,9H2,1-2H3. The number of carbonyl (C=O) groups excluding carboxylic acids is 1. The van der Waals surface area contributed by atoms with Crippen molar-refractivity contribution in [2.75, 3.05) is 7.05 Å². The van der Waals surface area contributed by atoms with Gasteiger partial charge in [-0.15, -0.1) is 0 Å². The second-order valence-corrected chi connectivity index (χ2v) is 5.00. The number of rotatable bonds is 3. The lowest BCUT2D eigenvalue weighted by Gasteiger charge is -2.18. The van der Waals surface area contributed by atoms with Crippen LogP contribution in [0.25, 0.3) is 0 Å². The van der Waals surface area contributed by atoms with Crippen molar-refractivity contribution in [3.8, 4) is 0 Å². The van der Waals surface area contributed by atoms with Gasteiger partial charge in [0.25, 0.3) is 5.91 Å². The normalized spacial score (nSPS) is 10.4. The number of hydrogen-bond donors (Lipinski definition) is 0.